The van der Waals surface area contributed by atoms with Crippen LogP contribution in [0.1, 0.15) is 161 Å². The summed E-state index contributed by atoms with van der Waals surface area (Å²) in [6.07, 6.45) is 30.4. The van der Waals surface area contributed by atoms with E-state index in [1.165, 1.54) is 109 Å². The van der Waals surface area contributed by atoms with Crippen molar-refractivity contribution in [1.82, 2.24) is 0 Å². The van der Waals surface area contributed by atoms with E-state index in [0.717, 1.165) is 44.9 Å². The third kappa shape index (κ3) is 19.5. The maximum absolute atomic E-state index is 11.6. The monoisotopic (exact) mass is 436 g/mol. The Hall–Kier alpha value is -0.860. The lowest BCUT2D eigenvalue weighted by molar-refractivity contribution is -0.119. The summed E-state index contributed by atoms with van der Waals surface area (Å²) >= 11 is 0. The summed E-state index contributed by atoms with van der Waals surface area (Å²) in [5.41, 5.74) is 0. The van der Waals surface area contributed by atoms with Gasteiger partial charge in [-0.25, -0.2) is 4.79 Å². The summed E-state index contributed by atoms with van der Waals surface area (Å²) < 4.78 is 4.82. The van der Waals surface area contributed by atoms with E-state index in [2.05, 4.69) is 6.92 Å². The van der Waals surface area contributed by atoms with Gasteiger partial charge in [0.1, 0.15) is 5.78 Å². The van der Waals surface area contributed by atoms with Crippen molar-refractivity contribution < 1.29 is 14.3 Å². The third-order valence-corrected chi connectivity index (χ3v) is 6.70. The molecule has 3 nitrogen and oxygen atoms in total. The van der Waals surface area contributed by atoms with Gasteiger partial charge in [0.05, 0.1) is 0 Å². The van der Waals surface area contributed by atoms with E-state index < -0.39 is 0 Å². The first-order valence-electron chi connectivity index (χ1n) is 14.0. The minimum atomic E-state index is -0.0336. The van der Waals surface area contributed by atoms with Gasteiger partial charge in [-0.3, -0.25) is 4.79 Å². The number of rotatable bonds is 25. The zero-order chi connectivity index (χ0) is 22.4. The van der Waals surface area contributed by atoms with E-state index >= 15 is 0 Å². The fourth-order valence-electron chi connectivity index (χ4n) is 4.44. The fraction of sp³-hybridized carbons (Fsp3) is 0.929. The number of ketones is 1. The number of unbranched alkanes of at least 4 members (excludes halogenated alkanes) is 19. The molecule has 0 N–H and O–H groups in total. The molecule has 0 saturated carbocycles. The first-order valence-corrected chi connectivity index (χ1v) is 14.0. The minimum Gasteiger partial charge on any atom is -0.448 e. The van der Waals surface area contributed by atoms with Crippen molar-refractivity contribution >= 4 is 11.8 Å². The van der Waals surface area contributed by atoms with Gasteiger partial charge < -0.3 is 4.74 Å². The van der Waals surface area contributed by atoms with Crippen LogP contribution < -0.4 is 0 Å². The molecule has 31 heavy (non-hydrogen) atoms. The Labute approximate surface area is 193 Å². The van der Waals surface area contributed by atoms with Crippen molar-refractivity contribution in [3.8, 4) is 0 Å². The predicted molar refractivity (Wildman–Crippen MR) is 131 cm³/mol. The van der Waals surface area contributed by atoms with Crippen LogP contribution in [0.3, 0.4) is 0 Å². The zero-order valence-electron chi connectivity index (χ0n) is 20.8. The lowest BCUT2D eigenvalue weighted by Crippen LogP contribution is -1.96. The van der Waals surface area contributed by atoms with Crippen LogP contribution in [0.5, 0.6) is 0 Å². The van der Waals surface area contributed by atoms with Gasteiger partial charge in [-0.2, -0.15) is 0 Å². The average molecular weight is 437 g/mol. The molecular weight excluding hydrogens is 384 g/mol. The van der Waals surface area contributed by atoms with Crippen molar-refractivity contribution in [2.45, 2.75) is 167 Å². The van der Waals surface area contributed by atoms with Crippen LogP contribution in [0.4, 0.5) is 0 Å². The molecule has 0 radical (unpaired) electrons. The second-order valence-corrected chi connectivity index (χ2v) is 9.82. The number of hydrogen-bond acceptors (Lipinski definition) is 3. The molecule has 182 valence electrons. The molecule has 0 bridgehead atoms. The molecule has 1 aliphatic heterocycles. The molecule has 0 aromatic rings. The number of Topliss-reactive ketones (excluding diaryl/α,β-unsaturated/α-hetero) is 1. The number of carbonyl (C=O) groups excluding carboxylic acids is 2. The van der Waals surface area contributed by atoms with Crippen LogP contribution in [-0.2, 0) is 14.3 Å². The summed E-state index contributed by atoms with van der Waals surface area (Å²) in [6, 6.07) is 0. The lowest BCUT2D eigenvalue weighted by atomic mass is 10.0. The van der Waals surface area contributed by atoms with Gasteiger partial charge in [0.25, 0.3) is 0 Å². The molecule has 1 heterocycles. The Bertz CT molecular complexity index is 432. The van der Waals surface area contributed by atoms with E-state index in [9.17, 15) is 9.59 Å². The van der Waals surface area contributed by atoms with Gasteiger partial charge in [0.15, 0.2) is 6.10 Å². The first kappa shape index (κ1) is 28.2. The average Bonchev–Trinajstić information content (AvgIpc) is 3.48. The standard InChI is InChI=1S/C28H52O3/c1-2-3-23-26(29)24-21-19-17-15-13-11-9-7-5-4-6-8-10-12-14-16-18-20-22-25-27-28(30)31-27/h27H,2-25H2,1H3. The Morgan fingerprint density at radius 3 is 1.26 bits per heavy atom. The van der Waals surface area contributed by atoms with Crippen molar-refractivity contribution in [2.24, 2.45) is 0 Å². The topological polar surface area (TPSA) is 46.7 Å². The predicted octanol–water partition coefficient (Wildman–Crippen LogP) is 8.86. The second-order valence-electron chi connectivity index (χ2n) is 9.82. The molecule has 0 amide bonds. The molecular formula is C28H52O3. The first-order chi connectivity index (χ1) is 15.2. The second kappa shape index (κ2) is 21.0. The van der Waals surface area contributed by atoms with Gasteiger partial charge in [0.2, 0.25) is 0 Å². The lowest BCUT2D eigenvalue weighted by Gasteiger charge is -2.04. The van der Waals surface area contributed by atoms with E-state index in [4.69, 9.17) is 4.74 Å². The summed E-state index contributed by atoms with van der Waals surface area (Å²) in [7, 11) is 0. The van der Waals surface area contributed by atoms with Crippen LogP contribution in [0.25, 0.3) is 0 Å². The highest BCUT2D eigenvalue weighted by Crippen LogP contribution is 2.20. The smallest absolute Gasteiger partial charge is 0.348 e. The molecule has 0 aromatic heterocycles. The molecule has 1 unspecified atom stereocenters. The van der Waals surface area contributed by atoms with Crippen molar-refractivity contribution in [3.05, 3.63) is 0 Å². The summed E-state index contributed by atoms with van der Waals surface area (Å²) in [5, 5.41) is 0. The van der Waals surface area contributed by atoms with Gasteiger partial charge in [-0.1, -0.05) is 122 Å². The molecule has 1 saturated heterocycles. The number of cyclic esters (lactones) is 1. The molecule has 1 atom stereocenters. The third-order valence-electron chi connectivity index (χ3n) is 6.70. The van der Waals surface area contributed by atoms with Crippen LogP contribution in [0.2, 0.25) is 0 Å². The number of carbonyl (C=O) groups is 2. The van der Waals surface area contributed by atoms with Crippen molar-refractivity contribution in [2.75, 3.05) is 0 Å². The molecule has 1 fully saturated rings. The van der Waals surface area contributed by atoms with E-state index in [-0.39, 0.29) is 12.1 Å². The molecule has 0 spiro atoms. The maximum Gasteiger partial charge on any atom is 0.348 e. The summed E-state index contributed by atoms with van der Waals surface area (Å²) in [4.78, 5) is 22.3. The van der Waals surface area contributed by atoms with Gasteiger partial charge in [-0.05, 0) is 25.7 Å². The van der Waals surface area contributed by atoms with E-state index in [1.54, 1.807) is 0 Å². The van der Waals surface area contributed by atoms with Crippen LogP contribution in [-0.4, -0.2) is 17.9 Å². The molecule has 1 rings (SSSR count). The van der Waals surface area contributed by atoms with E-state index in [0.29, 0.717) is 5.78 Å². The normalized spacial score (nSPS) is 15.3. The quantitative estimate of drug-likeness (QED) is 0.106. The molecule has 0 aliphatic carbocycles. The van der Waals surface area contributed by atoms with Crippen molar-refractivity contribution in [1.29, 1.82) is 0 Å². The van der Waals surface area contributed by atoms with Gasteiger partial charge in [0, 0.05) is 12.8 Å². The van der Waals surface area contributed by atoms with Gasteiger partial charge >= 0.3 is 5.97 Å². The highest BCUT2D eigenvalue weighted by Gasteiger charge is 2.36. The highest BCUT2D eigenvalue weighted by atomic mass is 16.6. The minimum absolute atomic E-state index is 0.00885. The SMILES string of the molecule is CCCCC(=O)CCCCCCCCCCCCCCCCCCCCCC1OC1=O. The maximum atomic E-state index is 11.6. The molecule has 0 aromatic carbocycles. The number of hydrogen-bond donors (Lipinski definition) is 0. The van der Waals surface area contributed by atoms with Crippen LogP contribution in [0, 0.1) is 0 Å². The Morgan fingerprint density at radius 1 is 0.581 bits per heavy atom. The zero-order valence-corrected chi connectivity index (χ0v) is 20.8. The highest BCUT2D eigenvalue weighted by molar-refractivity contribution is 5.87. The summed E-state index contributed by atoms with van der Waals surface area (Å²) in [6.45, 7) is 2.15. The molecule has 1 aliphatic rings. The van der Waals surface area contributed by atoms with Gasteiger partial charge in [-0.15, -0.1) is 0 Å². The fourth-order valence-corrected chi connectivity index (χ4v) is 4.44. The van der Waals surface area contributed by atoms with E-state index in [1.807, 2.05) is 0 Å². The number of epoxide rings is 1. The van der Waals surface area contributed by atoms with Crippen LogP contribution in [0.15, 0.2) is 0 Å². The summed E-state index contributed by atoms with van der Waals surface area (Å²) in [5.74, 6) is 0.488. The number of ether oxygens (including phenoxy) is 1. The Kier molecular flexibility index (Phi) is 19.1. The Balaban J connectivity index is 1.63. The molecule has 3 heteroatoms. The van der Waals surface area contributed by atoms with Crippen LogP contribution >= 0.6 is 0 Å². The largest absolute Gasteiger partial charge is 0.448 e. The van der Waals surface area contributed by atoms with Crippen molar-refractivity contribution in [3.63, 3.8) is 0 Å². The Morgan fingerprint density at radius 2 is 0.903 bits per heavy atom.